The standard InChI is InChI=1S/C12H15NO3/c1-15-11-3-2-8-13-12(11)16-10-6-4-9(14)5-7-10/h2-3,8,10H,4-7H2,1H3. The molecule has 2 rings (SSSR count). The van der Waals surface area contributed by atoms with Crippen LogP contribution in [-0.2, 0) is 4.79 Å². The van der Waals surface area contributed by atoms with Gasteiger partial charge >= 0.3 is 0 Å². The van der Waals surface area contributed by atoms with E-state index >= 15 is 0 Å². The first-order chi connectivity index (χ1) is 7.79. The number of nitrogens with zero attached hydrogens (tertiary/aromatic N) is 1. The predicted molar refractivity (Wildman–Crippen MR) is 58.7 cm³/mol. The molecular weight excluding hydrogens is 206 g/mol. The third kappa shape index (κ3) is 2.51. The largest absolute Gasteiger partial charge is 0.491 e. The Kier molecular flexibility index (Phi) is 3.39. The highest BCUT2D eigenvalue weighted by Gasteiger charge is 2.21. The van der Waals surface area contributed by atoms with Gasteiger partial charge in [0.15, 0.2) is 5.75 Å². The lowest BCUT2D eigenvalue weighted by atomic mass is 9.96. The summed E-state index contributed by atoms with van der Waals surface area (Å²) in [5.74, 6) is 1.48. The number of pyridine rings is 1. The summed E-state index contributed by atoms with van der Waals surface area (Å²) in [6, 6.07) is 3.62. The van der Waals surface area contributed by atoms with Crippen LogP contribution in [0.4, 0.5) is 0 Å². The molecule has 0 N–H and O–H groups in total. The number of carbonyl (C=O) groups is 1. The Morgan fingerprint density at radius 1 is 1.38 bits per heavy atom. The summed E-state index contributed by atoms with van der Waals surface area (Å²) < 4.78 is 10.9. The summed E-state index contributed by atoms with van der Waals surface area (Å²) in [6.07, 6.45) is 4.53. The van der Waals surface area contributed by atoms with Crippen molar-refractivity contribution in [2.75, 3.05) is 7.11 Å². The summed E-state index contributed by atoms with van der Waals surface area (Å²) in [5, 5.41) is 0. The lowest BCUT2D eigenvalue weighted by Gasteiger charge is -2.22. The first-order valence-corrected chi connectivity index (χ1v) is 5.47. The molecule has 4 heteroatoms. The molecule has 0 atom stereocenters. The van der Waals surface area contributed by atoms with Crippen molar-refractivity contribution in [2.45, 2.75) is 31.8 Å². The molecule has 1 aromatic rings. The van der Waals surface area contributed by atoms with E-state index in [1.807, 2.05) is 6.07 Å². The number of ether oxygens (including phenoxy) is 2. The Balaban J connectivity index is 2.00. The summed E-state index contributed by atoms with van der Waals surface area (Å²) in [5.41, 5.74) is 0. The molecule has 0 spiro atoms. The number of hydrogen-bond donors (Lipinski definition) is 0. The van der Waals surface area contributed by atoms with Crippen LogP contribution in [0.15, 0.2) is 18.3 Å². The van der Waals surface area contributed by atoms with Crippen molar-refractivity contribution in [1.29, 1.82) is 0 Å². The van der Waals surface area contributed by atoms with Gasteiger partial charge in [0.05, 0.1) is 7.11 Å². The fourth-order valence-electron chi connectivity index (χ4n) is 1.81. The average Bonchev–Trinajstić information content (AvgIpc) is 2.33. The van der Waals surface area contributed by atoms with E-state index in [0.29, 0.717) is 30.3 Å². The average molecular weight is 221 g/mol. The highest BCUT2D eigenvalue weighted by molar-refractivity contribution is 5.79. The van der Waals surface area contributed by atoms with E-state index in [9.17, 15) is 4.79 Å². The van der Waals surface area contributed by atoms with Crippen molar-refractivity contribution >= 4 is 5.78 Å². The van der Waals surface area contributed by atoms with Gasteiger partial charge in [-0.15, -0.1) is 0 Å². The first-order valence-electron chi connectivity index (χ1n) is 5.47. The second-order valence-electron chi connectivity index (χ2n) is 3.87. The van der Waals surface area contributed by atoms with Crippen molar-refractivity contribution in [3.8, 4) is 11.6 Å². The molecule has 86 valence electrons. The maximum atomic E-state index is 11.1. The Morgan fingerprint density at radius 2 is 2.12 bits per heavy atom. The van der Waals surface area contributed by atoms with Crippen LogP contribution in [0.1, 0.15) is 25.7 Å². The van der Waals surface area contributed by atoms with E-state index in [4.69, 9.17) is 9.47 Å². The molecule has 0 bridgehead atoms. The zero-order valence-electron chi connectivity index (χ0n) is 9.31. The fourth-order valence-corrected chi connectivity index (χ4v) is 1.81. The minimum atomic E-state index is 0.0847. The van der Waals surface area contributed by atoms with Crippen LogP contribution in [0.5, 0.6) is 11.6 Å². The van der Waals surface area contributed by atoms with Crippen LogP contribution in [0.3, 0.4) is 0 Å². The van der Waals surface area contributed by atoms with Gasteiger partial charge < -0.3 is 9.47 Å². The van der Waals surface area contributed by atoms with Crippen LogP contribution in [0, 0.1) is 0 Å². The van der Waals surface area contributed by atoms with Crippen LogP contribution in [-0.4, -0.2) is 24.0 Å². The van der Waals surface area contributed by atoms with Crippen molar-refractivity contribution in [2.24, 2.45) is 0 Å². The second kappa shape index (κ2) is 4.96. The summed E-state index contributed by atoms with van der Waals surface area (Å²) >= 11 is 0. The molecule has 1 aromatic heterocycles. The van der Waals surface area contributed by atoms with Gasteiger partial charge in [-0.05, 0) is 25.0 Å². The van der Waals surface area contributed by atoms with E-state index < -0.39 is 0 Å². The second-order valence-corrected chi connectivity index (χ2v) is 3.87. The van der Waals surface area contributed by atoms with E-state index in [-0.39, 0.29) is 6.10 Å². The fraction of sp³-hybridized carbons (Fsp3) is 0.500. The van der Waals surface area contributed by atoms with Gasteiger partial charge in [-0.1, -0.05) is 0 Å². The molecule has 0 radical (unpaired) electrons. The molecule has 0 saturated heterocycles. The molecular formula is C12H15NO3. The topological polar surface area (TPSA) is 48.4 Å². The summed E-state index contributed by atoms with van der Waals surface area (Å²) in [4.78, 5) is 15.2. The monoisotopic (exact) mass is 221 g/mol. The number of Topliss-reactive ketones (excluding diaryl/α,β-unsaturated/α-hetero) is 1. The minimum absolute atomic E-state index is 0.0847. The van der Waals surface area contributed by atoms with Crippen LogP contribution >= 0.6 is 0 Å². The maximum Gasteiger partial charge on any atom is 0.257 e. The van der Waals surface area contributed by atoms with E-state index in [0.717, 1.165) is 12.8 Å². The molecule has 1 aliphatic carbocycles. The van der Waals surface area contributed by atoms with E-state index in [1.54, 1.807) is 19.4 Å². The molecule has 4 nitrogen and oxygen atoms in total. The lowest BCUT2D eigenvalue weighted by Crippen LogP contribution is -2.24. The zero-order chi connectivity index (χ0) is 11.4. The molecule has 0 aromatic carbocycles. The predicted octanol–water partition coefficient (Wildman–Crippen LogP) is 1.98. The van der Waals surface area contributed by atoms with Crippen LogP contribution in [0.25, 0.3) is 0 Å². The Labute approximate surface area is 94.6 Å². The SMILES string of the molecule is COc1cccnc1OC1CCC(=O)CC1. The number of hydrogen-bond acceptors (Lipinski definition) is 4. The Morgan fingerprint density at radius 3 is 2.81 bits per heavy atom. The van der Waals surface area contributed by atoms with Gasteiger partial charge in [0.1, 0.15) is 11.9 Å². The number of methoxy groups -OCH3 is 1. The zero-order valence-corrected chi connectivity index (χ0v) is 9.31. The van der Waals surface area contributed by atoms with E-state index in [2.05, 4.69) is 4.98 Å². The smallest absolute Gasteiger partial charge is 0.257 e. The van der Waals surface area contributed by atoms with Gasteiger partial charge in [-0.25, -0.2) is 4.98 Å². The Bertz CT molecular complexity index is 368. The van der Waals surface area contributed by atoms with Gasteiger partial charge in [0, 0.05) is 19.0 Å². The maximum absolute atomic E-state index is 11.1. The molecule has 0 unspecified atom stereocenters. The molecule has 1 aliphatic rings. The summed E-state index contributed by atoms with van der Waals surface area (Å²) in [7, 11) is 1.59. The highest BCUT2D eigenvalue weighted by atomic mass is 16.5. The quantitative estimate of drug-likeness (QED) is 0.783. The van der Waals surface area contributed by atoms with Crippen molar-refractivity contribution in [1.82, 2.24) is 4.98 Å². The van der Waals surface area contributed by atoms with Gasteiger partial charge in [0.25, 0.3) is 5.88 Å². The molecule has 16 heavy (non-hydrogen) atoms. The third-order valence-electron chi connectivity index (χ3n) is 2.72. The van der Waals surface area contributed by atoms with Crippen molar-refractivity contribution in [3.05, 3.63) is 18.3 Å². The highest BCUT2D eigenvalue weighted by Crippen LogP contribution is 2.27. The number of aromatic nitrogens is 1. The van der Waals surface area contributed by atoms with Gasteiger partial charge in [-0.3, -0.25) is 4.79 Å². The molecule has 0 aliphatic heterocycles. The van der Waals surface area contributed by atoms with Gasteiger partial charge in [-0.2, -0.15) is 0 Å². The number of carbonyl (C=O) groups excluding carboxylic acids is 1. The Hall–Kier alpha value is -1.58. The third-order valence-corrected chi connectivity index (χ3v) is 2.72. The van der Waals surface area contributed by atoms with Crippen LogP contribution in [0.2, 0.25) is 0 Å². The summed E-state index contributed by atoms with van der Waals surface area (Å²) in [6.45, 7) is 0. The normalized spacial score (nSPS) is 17.2. The van der Waals surface area contributed by atoms with Crippen molar-refractivity contribution in [3.63, 3.8) is 0 Å². The first kappa shape index (κ1) is 10.9. The number of rotatable bonds is 3. The van der Waals surface area contributed by atoms with Gasteiger partial charge in [0.2, 0.25) is 0 Å². The number of ketones is 1. The van der Waals surface area contributed by atoms with Crippen LogP contribution < -0.4 is 9.47 Å². The van der Waals surface area contributed by atoms with Crippen molar-refractivity contribution < 1.29 is 14.3 Å². The molecule has 0 amide bonds. The molecule has 1 fully saturated rings. The minimum Gasteiger partial charge on any atom is -0.491 e. The van der Waals surface area contributed by atoms with E-state index in [1.165, 1.54) is 0 Å². The molecule has 1 heterocycles. The lowest BCUT2D eigenvalue weighted by molar-refractivity contribution is -0.121. The molecule has 1 saturated carbocycles.